The summed E-state index contributed by atoms with van der Waals surface area (Å²) in [4.78, 5) is 0.0472. The molecular weight excluding hydrogens is 356 g/mol. The molecule has 0 bridgehead atoms. The molecule has 0 radical (unpaired) electrons. The Balaban J connectivity index is 2.24. The monoisotopic (exact) mass is 368 g/mol. The number of sulfone groups is 1. The van der Waals surface area contributed by atoms with Crippen molar-refractivity contribution in [2.75, 3.05) is 17.2 Å². The van der Waals surface area contributed by atoms with E-state index < -0.39 is 25.9 Å². The molecule has 0 aromatic heterocycles. The first-order valence-corrected chi connectivity index (χ1v) is 9.57. The smallest absolute Gasteiger partial charge is 0.241 e. The largest absolute Gasteiger partial charge is 0.399 e. The Morgan fingerprint density at radius 1 is 1.37 bits per heavy atom. The van der Waals surface area contributed by atoms with Crippen LogP contribution in [0.4, 0.5) is 5.69 Å². The molecule has 1 atom stereocenters. The summed E-state index contributed by atoms with van der Waals surface area (Å²) in [5.41, 5.74) is 5.98. The van der Waals surface area contributed by atoms with Crippen LogP contribution in [0.3, 0.4) is 0 Å². The molecule has 1 aliphatic rings. The molecule has 0 saturated carbocycles. The van der Waals surface area contributed by atoms with Crippen LogP contribution in [-0.2, 0) is 19.9 Å². The van der Waals surface area contributed by atoms with Gasteiger partial charge in [0.15, 0.2) is 9.84 Å². The fraction of sp³-hybridized carbons (Fsp3) is 0.400. The van der Waals surface area contributed by atoms with Crippen molar-refractivity contribution in [2.45, 2.75) is 17.4 Å². The number of benzene rings is 1. The Labute approximate surface area is 120 Å². The van der Waals surface area contributed by atoms with Crippen LogP contribution in [0.25, 0.3) is 0 Å². The molecule has 1 unspecified atom stereocenters. The third-order valence-electron chi connectivity index (χ3n) is 2.80. The fourth-order valence-electron chi connectivity index (χ4n) is 1.91. The minimum absolute atomic E-state index is 0.0170. The second-order valence-electron chi connectivity index (χ2n) is 4.41. The second-order valence-corrected chi connectivity index (χ2v) is 9.18. The molecule has 1 aromatic carbocycles. The molecule has 1 saturated heterocycles. The first kappa shape index (κ1) is 14.8. The van der Waals surface area contributed by atoms with Gasteiger partial charge in [0.05, 0.1) is 16.4 Å². The van der Waals surface area contributed by atoms with E-state index in [9.17, 15) is 16.8 Å². The predicted octanol–water partition coefficient (Wildman–Crippen LogP) is 0.497. The van der Waals surface area contributed by atoms with Gasteiger partial charge >= 0.3 is 0 Å². The first-order valence-electron chi connectivity index (χ1n) is 5.47. The summed E-state index contributed by atoms with van der Waals surface area (Å²) < 4.78 is 49.7. The number of rotatable bonds is 3. The van der Waals surface area contributed by atoms with Crippen LogP contribution < -0.4 is 10.5 Å². The standard InChI is InChI=1S/C10H13BrN2O4S2/c11-9-5-7(12)1-2-10(9)19(16,17)13-8-3-4-18(14,15)6-8/h1-2,5,8,13H,3-4,6,12H2. The van der Waals surface area contributed by atoms with Crippen LogP contribution in [0.1, 0.15) is 6.42 Å². The second kappa shape index (κ2) is 5.04. The highest BCUT2D eigenvalue weighted by Gasteiger charge is 2.31. The molecule has 6 nitrogen and oxygen atoms in total. The molecule has 106 valence electrons. The highest BCUT2D eigenvalue weighted by atomic mass is 79.9. The van der Waals surface area contributed by atoms with E-state index in [0.717, 1.165) is 0 Å². The molecule has 1 aliphatic heterocycles. The topological polar surface area (TPSA) is 106 Å². The summed E-state index contributed by atoms with van der Waals surface area (Å²) in [5.74, 6) is -0.137. The lowest BCUT2D eigenvalue weighted by molar-refractivity contribution is 0.562. The molecular formula is C10H13BrN2O4S2. The summed E-state index contributed by atoms with van der Waals surface area (Å²) in [5, 5.41) is 0. The first-order chi connectivity index (χ1) is 8.70. The molecule has 0 aliphatic carbocycles. The van der Waals surface area contributed by atoms with Gasteiger partial charge in [-0.1, -0.05) is 0 Å². The van der Waals surface area contributed by atoms with Crippen molar-refractivity contribution in [3.8, 4) is 0 Å². The Morgan fingerprint density at radius 2 is 2.05 bits per heavy atom. The van der Waals surface area contributed by atoms with E-state index in [0.29, 0.717) is 16.6 Å². The zero-order chi connectivity index (χ0) is 14.3. The van der Waals surface area contributed by atoms with Crippen LogP contribution in [0, 0.1) is 0 Å². The summed E-state index contributed by atoms with van der Waals surface area (Å²) in [6, 6.07) is 3.77. The van der Waals surface area contributed by atoms with Crippen molar-refractivity contribution in [2.24, 2.45) is 0 Å². The summed E-state index contributed by atoms with van der Waals surface area (Å²) in [6.07, 6.45) is 0.300. The van der Waals surface area contributed by atoms with Crippen LogP contribution in [0.2, 0.25) is 0 Å². The molecule has 1 fully saturated rings. The van der Waals surface area contributed by atoms with Gasteiger partial charge < -0.3 is 5.73 Å². The van der Waals surface area contributed by atoms with E-state index >= 15 is 0 Å². The van der Waals surface area contributed by atoms with E-state index in [2.05, 4.69) is 20.7 Å². The maximum absolute atomic E-state index is 12.2. The number of halogens is 1. The van der Waals surface area contributed by atoms with Gasteiger partial charge in [-0.15, -0.1) is 0 Å². The molecule has 19 heavy (non-hydrogen) atoms. The number of sulfonamides is 1. The lowest BCUT2D eigenvalue weighted by Crippen LogP contribution is -2.35. The van der Waals surface area contributed by atoms with Crippen molar-refractivity contribution in [3.05, 3.63) is 22.7 Å². The number of nitrogens with two attached hydrogens (primary N) is 1. The van der Waals surface area contributed by atoms with Crippen molar-refractivity contribution in [3.63, 3.8) is 0 Å². The fourth-order valence-corrected chi connectivity index (χ4v) is 6.05. The number of anilines is 1. The van der Waals surface area contributed by atoms with Crippen molar-refractivity contribution < 1.29 is 16.8 Å². The Hall–Kier alpha value is -0.640. The van der Waals surface area contributed by atoms with Gasteiger partial charge in [0.2, 0.25) is 10.0 Å². The minimum Gasteiger partial charge on any atom is -0.399 e. The molecule has 1 aromatic rings. The lowest BCUT2D eigenvalue weighted by atomic mass is 10.3. The average Bonchev–Trinajstić information content (AvgIpc) is 2.56. The zero-order valence-electron chi connectivity index (χ0n) is 9.84. The molecule has 0 amide bonds. The number of hydrogen-bond acceptors (Lipinski definition) is 5. The zero-order valence-corrected chi connectivity index (χ0v) is 13.1. The van der Waals surface area contributed by atoms with Crippen LogP contribution in [0.5, 0.6) is 0 Å². The Bertz CT molecular complexity index is 700. The third-order valence-corrected chi connectivity index (χ3v) is 7.06. The van der Waals surface area contributed by atoms with Gasteiger partial charge in [-0.3, -0.25) is 0 Å². The number of nitrogen functional groups attached to an aromatic ring is 1. The highest BCUT2D eigenvalue weighted by molar-refractivity contribution is 9.10. The van der Waals surface area contributed by atoms with Crippen molar-refractivity contribution in [1.29, 1.82) is 0 Å². The Morgan fingerprint density at radius 3 is 2.58 bits per heavy atom. The Kier molecular flexibility index (Phi) is 3.92. The normalized spacial score (nSPS) is 22.5. The number of nitrogens with one attached hydrogen (secondary N) is 1. The summed E-state index contributed by atoms with van der Waals surface area (Å²) >= 11 is 3.14. The maximum atomic E-state index is 12.2. The molecule has 1 heterocycles. The lowest BCUT2D eigenvalue weighted by Gasteiger charge is -2.13. The SMILES string of the molecule is Nc1ccc(S(=O)(=O)NC2CCS(=O)(=O)C2)c(Br)c1. The van der Waals surface area contributed by atoms with E-state index in [1.807, 2.05) is 0 Å². The molecule has 2 rings (SSSR count). The number of hydrogen-bond donors (Lipinski definition) is 2. The maximum Gasteiger partial charge on any atom is 0.241 e. The van der Waals surface area contributed by atoms with Gasteiger partial charge in [-0.25, -0.2) is 21.6 Å². The van der Waals surface area contributed by atoms with Crippen molar-refractivity contribution >= 4 is 41.5 Å². The molecule has 3 N–H and O–H groups in total. The minimum atomic E-state index is -3.76. The van der Waals surface area contributed by atoms with E-state index in [1.54, 1.807) is 0 Å². The van der Waals surface area contributed by atoms with E-state index in [4.69, 9.17) is 5.73 Å². The molecule has 0 spiro atoms. The van der Waals surface area contributed by atoms with Gasteiger partial charge in [0.25, 0.3) is 0 Å². The quantitative estimate of drug-likeness (QED) is 0.755. The third kappa shape index (κ3) is 3.47. The van der Waals surface area contributed by atoms with Crippen molar-refractivity contribution in [1.82, 2.24) is 4.72 Å². The summed E-state index contributed by atoms with van der Waals surface area (Å²) in [7, 11) is -6.88. The highest BCUT2D eigenvalue weighted by Crippen LogP contribution is 2.25. The van der Waals surface area contributed by atoms with Gasteiger partial charge in [0.1, 0.15) is 0 Å². The summed E-state index contributed by atoms with van der Waals surface area (Å²) in [6.45, 7) is 0. The van der Waals surface area contributed by atoms with Gasteiger partial charge in [0, 0.05) is 16.2 Å². The van der Waals surface area contributed by atoms with E-state index in [-0.39, 0.29) is 16.4 Å². The average molecular weight is 369 g/mol. The van der Waals surface area contributed by atoms with Gasteiger partial charge in [-0.2, -0.15) is 0 Å². The van der Waals surface area contributed by atoms with Crippen LogP contribution >= 0.6 is 15.9 Å². The van der Waals surface area contributed by atoms with E-state index in [1.165, 1.54) is 18.2 Å². The van der Waals surface area contributed by atoms with Gasteiger partial charge in [-0.05, 0) is 40.5 Å². The van der Waals surface area contributed by atoms with Crippen LogP contribution in [0.15, 0.2) is 27.6 Å². The molecule has 9 heteroatoms. The van der Waals surface area contributed by atoms with Crippen LogP contribution in [-0.4, -0.2) is 34.4 Å². The predicted molar refractivity (Wildman–Crippen MR) is 75.9 cm³/mol.